The van der Waals surface area contributed by atoms with E-state index in [4.69, 9.17) is 16.8 Å². The van der Waals surface area contributed by atoms with Crippen LogP contribution in [0.2, 0.25) is 0 Å². The molecule has 0 spiro atoms. The Morgan fingerprint density at radius 3 is 1.77 bits per heavy atom. The summed E-state index contributed by atoms with van der Waals surface area (Å²) >= 11 is 0. The fraction of sp³-hybridized carbons (Fsp3) is 0. The van der Waals surface area contributed by atoms with Gasteiger partial charge in [0, 0.05) is 16.2 Å². The summed E-state index contributed by atoms with van der Waals surface area (Å²) in [5.74, 6) is 0. The van der Waals surface area contributed by atoms with Crippen molar-refractivity contribution >= 4 is 65.0 Å². The molecule has 10 aromatic rings. The summed E-state index contributed by atoms with van der Waals surface area (Å²) in [5.41, 5.74) is 1.03. The summed E-state index contributed by atoms with van der Waals surface area (Å²) in [6, 6.07) is 16.0. The summed E-state index contributed by atoms with van der Waals surface area (Å²) in [7, 11) is 0. The molecule has 0 amide bonds. The maximum absolute atomic E-state index is 9.85. The summed E-state index contributed by atoms with van der Waals surface area (Å²) in [6.45, 7) is 0. The predicted octanol–water partition coefficient (Wildman–Crippen LogP) is 13.2. The number of rotatable bonds is 3. The van der Waals surface area contributed by atoms with E-state index in [2.05, 4.69) is 0 Å². The van der Waals surface area contributed by atoms with E-state index in [0.29, 0.717) is 38.2 Å². The Morgan fingerprint density at radius 1 is 0.383 bits per heavy atom. The first-order chi connectivity index (χ1) is 29.6. The van der Waals surface area contributed by atoms with E-state index in [0.717, 1.165) is 0 Å². The van der Waals surface area contributed by atoms with Crippen LogP contribution in [0.4, 0.5) is 0 Å². The van der Waals surface area contributed by atoms with Crippen molar-refractivity contribution in [3.63, 3.8) is 0 Å². The first-order valence-electron chi connectivity index (χ1n) is 22.5. The fourth-order valence-electron chi connectivity index (χ4n) is 6.58. The molecule has 0 bridgehead atoms. The van der Waals surface area contributed by atoms with Crippen LogP contribution in [0.3, 0.4) is 0 Å². The van der Waals surface area contributed by atoms with Crippen LogP contribution >= 0.6 is 0 Å². The van der Waals surface area contributed by atoms with Gasteiger partial charge < -0.3 is 4.42 Å². The van der Waals surface area contributed by atoms with Crippen molar-refractivity contribution in [2.75, 3.05) is 0 Å². The predicted molar refractivity (Wildman–Crippen MR) is 200 cm³/mol. The number of fused-ring (bicyclic) bond motifs is 8. The van der Waals surface area contributed by atoms with Crippen molar-refractivity contribution in [1.29, 1.82) is 0 Å². The smallest absolute Gasteiger partial charge is 0.143 e. The first kappa shape index (κ1) is 15.4. The van der Waals surface area contributed by atoms with E-state index in [-0.39, 0.29) is 78.3 Å². The van der Waals surface area contributed by atoms with Crippen LogP contribution in [0.15, 0.2) is 174 Å². The average molecular weight is 612 g/mol. The largest absolute Gasteiger partial charge is 0.455 e. The summed E-state index contributed by atoms with van der Waals surface area (Å²) < 4.78 is 141. The third-order valence-electron chi connectivity index (χ3n) is 8.62. The van der Waals surface area contributed by atoms with Gasteiger partial charge in [0.15, 0.2) is 0 Å². The molecule has 0 fully saturated rings. The second-order valence-electron chi connectivity index (χ2n) is 11.2. The minimum absolute atomic E-state index is 0.0183. The summed E-state index contributed by atoms with van der Waals surface area (Å²) in [6.07, 6.45) is 0. The highest BCUT2D eigenvalue weighted by Crippen LogP contribution is 2.47. The van der Waals surface area contributed by atoms with Gasteiger partial charge in [0.05, 0.1) is 20.6 Å². The Labute approximate surface area is 293 Å². The molecule has 0 atom stereocenters. The van der Waals surface area contributed by atoms with Gasteiger partial charge in [-0.3, -0.25) is 0 Å². The molecule has 0 aliphatic rings. The summed E-state index contributed by atoms with van der Waals surface area (Å²) in [5, 5.41) is 1.13. The van der Waals surface area contributed by atoms with E-state index in [1.165, 1.54) is 0 Å². The molecule has 218 valence electrons. The second kappa shape index (κ2) is 10.2. The third-order valence-corrected chi connectivity index (χ3v) is 8.62. The minimum Gasteiger partial charge on any atom is -0.455 e. The number of benzene rings is 9. The maximum atomic E-state index is 9.85. The zero-order valence-corrected chi connectivity index (χ0v) is 24.4. The van der Waals surface area contributed by atoms with E-state index in [9.17, 15) is 8.22 Å². The van der Waals surface area contributed by atoms with Crippen molar-refractivity contribution in [1.82, 2.24) is 0 Å². The van der Waals surface area contributed by atoms with Crippen molar-refractivity contribution in [2.45, 2.75) is 0 Å². The highest BCUT2D eigenvalue weighted by Gasteiger charge is 2.20. The average Bonchev–Trinajstić information content (AvgIpc) is 3.68. The van der Waals surface area contributed by atoms with Gasteiger partial charge in [-0.1, -0.05) is 139 Å². The highest BCUT2D eigenvalue weighted by atomic mass is 16.3. The zero-order valence-electron chi connectivity index (χ0n) is 39.4. The Kier molecular flexibility index (Phi) is 3.33. The normalized spacial score (nSPS) is 16.3. The Hall–Kier alpha value is -6.18. The standard InChI is InChI=1S/C46H28O/c1-2-12-29(13-3-1)33-26-31-15-5-6-16-34(31)42(28-33)45-38-20-10-8-18-36(38)44(37-19-9-11-21-39(37)45)32-23-25-43-41(27-32)40-24-22-30-14-4-7-17-35(30)46(40)47-43/h1-28H/i4D,5D,6D,7D,14D,15D,16D,17D,22D,23D,24D,25D,26D,27D,28D. The molecule has 1 heteroatoms. The fourth-order valence-corrected chi connectivity index (χ4v) is 6.58. The van der Waals surface area contributed by atoms with Gasteiger partial charge in [0.1, 0.15) is 11.2 Å². The first-order valence-corrected chi connectivity index (χ1v) is 15.0. The van der Waals surface area contributed by atoms with Gasteiger partial charge >= 0.3 is 0 Å². The molecule has 0 unspecified atom stereocenters. The number of furan rings is 1. The lowest BCUT2D eigenvalue weighted by Gasteiger charge is -2.19. The molecular formula is C46H28O. The molecule has 10 rings (SSSR count). The van der Waals surface area contributed by atoms with E-state index >= 15 is 0 Å². The molecule has 1 aromatic heterocycles. The van der Waals surface area contributed by atoms with Crippen LogP contribution in [0.1, 0.15) is 20.6 Å². The molecule has 0 radical (unpaired) electrons. The molecule has 0 aliphatic carbocycles. The molecular weight excluding hydrogens is 569 g/mol. The second-order valence-corrected chi connectivity index (χ2v) is 11.2. The third kappa shape index (κ3) is 3.97. The van der Waals surface area contributed by atoms with Crippen molar-refractivity contribution < 1.29 is 25.0 Å². The van der Waals surface area contributed by atoms with E-state index < -0.39 is 72.5 Å². The molecule has 0 N–H and O–H groups in total. The Balaban J connectivity index is 1.41. The molecule has 1 heterocycles. The molecule has 0 aliphatic heterocycles. The SMILES string of the molecule is [2H]c1c(-c2c3ccccc3c(-c3c([2H])c(-c4ccccc4)c([2H])c4c([2H])c([2H])c([2H])c([2H])c34)c3ccccc23)c([2H])c2c(oc3c4c([2H])c([2H])c([2H])c([2H])c4c([2H])c([2H])c32)c1[2H]. The summed E-state index contributed by atoms with van der Waals surface area (Å²) in [4.78, 5) is 0. The lowest BCUT2D eigenvalue weighted by Crippen LogP contribution is -1.92. The molecule has 9 aromatic carbocycles. The lowest BCUT2D eigenvalue weighted by atomic mass is 9.83. The Morgan fingerprint density at radius 2 is 1.02 bits per heavy atom. The van der Waals surface area contributed by atoms with Crippen LogP contribution in [-0.4, -0.2) is 0 Å². The van der Waals surface area contributed by atoms with Gasteiger partial charge in [-0.2, -0.15) is 0 Å². The molecule has 0 saturated carbocycles. The van der Waals surface area contributed by atoms with Crippen molar-refractivity contribution in [3.05, 3.63) is 169 Å². The van der Waals surface area contributed by atoms with E-state index in [1.54, 1.807) is 78.9 Å². The minimum atomic E-state index is -0.594. The quantitative estimate of drug-likeness (QED) is 0.181. The van der Waals surface area contributed by atoms with Gasteiger partial charge in [-0.05, 0) is 101 Å². The maximum Gasteiger partial charge on any atom is 0.143 e. The monoisotopic (exact) mass is 611 g/mol. The van der Waals surface area contributed by atoms with Gasteiger partial charge in [0.2, 0.25) is 0 Å². The Bertz CT molecular complexity index is 3630. The van der Waals surface area contributed by atoms with Crippen LogP contribution in [0.25, 0.3) is 98.4 Å². The van der Waals surface area contributed by atoms with Gasteiger partial charge in [-0.15, -0.1) is 0 Å². The number of hydrogen-bond donors (Lipinski definition) is 0. The van der Waals surface area contributed by atoms with Crippen molar-refractivity contribution in [2.24, 2.45) is 0 Å². The van der Waals surface area contributed by atoms with Crippen LogP contribution < -0.4 is 0 Å². The van der Waals surface area contributed by atoms with E-state index in [1.807, 2.05) is 0 Å². The topological polar surface area (TPSA) is 13.1 Å². The molecule has 47 heavy (non-hydrogen) atoms. The van der Waals surface area contributed by atoms with Gasteiger partial charge in [0.25, 0.3) is 0 Å². The highest BCUT2D eigenvalue weighted by molar-refractivity contribution is 6.24. The molecule has 1 nitrogen and oxygen atoms in total. The van der Waals surface area contributed by atoms with Crippen LogP contribution in [0.5, 0.6) is 0 Å². The lowest BCUT2D eigenvalue weighted by molar-refractivity contribution is 0.672. The van der Waals surface area contributed by atoms with Crippen LogP contribution in [0, 0.1) is 0 Å². The molecule has 0 saturated heterocycles. The van der Waals surface area contributed by atoms with Crippen LogP contribution in [-0.2, 0) is 0 Å². The zero-order chi connectivity index (χ0) is 44.0. The van der Waals surface area contributed by atoms with Gasteiger partial charge in [-0.25, -0.2) is 0 Å². The van der Waals surface area contributed by atoms with Crippen molar-refractivity contribution in [3.8, 4) is 33.4 Å². The number of hydrogen-bond acceptors (Lipinski definition) is 1.